The van der Waals surface area contributed by atoms with Gasteiger partial charge in [-0.2, -0.15) is 0 Å². The van der Waals surface area contributed by atoms with E-state index in [0.29, 0.717) is 0 Å². The zero-order chi connectivity index (χ0) is 37.0. The standard InChI is InChI=1S/C54H35NO/c1-3-18-42-36(13-1)15-10-22-45(42)40-16-9-17-41(35-40)55(51-26-12-28-53-54(51)49-21-6-8-27-52(49)56-53)50-25-7-5-20-46(50)39-31-29-38(30-32-39)44-23-11-24-47-43-19-4-2-14-37(43)33-34-48(44)47/h1-35H. The molecule has 56 heavy (non-hydrogen) atoms. The van der Waals surface area contributed by atoms with Gasteiger partial charge in [-0.1, -0.05) is 176 Å². The summed E-state index contributed by atoms with van der Waals surface area (Å²) >= 11 is 0. The van der Waals surface area contributed by atoms with E-state index < -0.39 is 0 Å². The van der Waals surface area contributed by atoms with E-state index in [2.05, 4.69) is 211 Å². The van der Waals surface area contributed by atoms with Gasteiger partial charge in [-0.05, 0) is 96.5 Å². The summed E-state index contributed by atoms with van der Waals surface area (Å²) in [5, 5.41) is 9.73. The molecule has 0 saturated carbocycles. The van der Waals surface area contributed by atoms with Gasteiger partial charge >= 0.3 is 0 Å². The van der Waals surface area contributed by atoms with Crippen molar-refractivity contribution in [2.45, 2.75) is 0 Å². The molecule has 2 heteroatoms. The van der Waals surface area contributed by atoms with E-state index in [0.717, 1.165) is 50.1 Å². The largest absolute Gasteiger partial charge is 0.456 e. The van der Waals surface area contributed by atoms with Crippen LogP contribution in [-0.4, -0.2) is 0 Å². The molecule has 0 N–H and O–H groups in total. The molecule has 0 atom stereocenters. The molecule has 11 aromatic rings. The number of furan rings is 1. The predicted octanol–water partition coefficient (Wildman–Crippen LogP) is 15.5. The molecule has 0 aliphatic carbocycles. The van der Waals surface area contributed by atoms with Crippen molar-refractivity contribution in [3.8, 4) is 33.4 Å². The summed E-state index contributed by atoms with van der Waals surface area (Å²) in [5.41, 5.74) is 12.1. The Labute approximate surface area is 325 Å². The van der Waals surface area contributed by atoms with Crippen LogP contribution in [0.3, 0.4) is 0 Å². The molecule has 0 aliphatic rings. The van der Waals surface area contributed by atoms with Gasteiger partial charge in [-0.15, -0.1) is 0 Å². The molecule has 0 bridgehead atoms. The third kappa shape index (κ3) is 5.26. The maximum absolute atomic E-state index is 6.45. The number of anilines is 3. The third-order valence-corrected chi connectivity index (χ3v) is 11.3. The van der Waals surface area contributed by atoms with Crippen LogP contribution in [-0.2, 0) is 0 Å². The van der Waals surface area contributed by atoms with E-state index in [1.54, 1.807) is 0 Å². The second-order valence-corrected chi connectivity index (χ2v) is 14.4. The van der Waals surface area contributed by atoms with Gasteiger partial charge in [-0.25, -0.2) is 0 Å². The van der Waals surface area contributed by atoms with Crippen LogP contribution in [0.2, 0.25) is 0 Å². The summed E-state index contributed by atoms with van der Waals surface area (Å²) in [6.45, 7) is 0. The fraction of sp³-hybridized carbons (Fsp3) is 0. The lowest BCUT2D eigenvalue weighted by atomic mass is 9.93. The lowest BCUT2D eigenvalue weighted by molar-refractivity contribution is 0.669. The Bertz CT molecular complexity index is 3260. The molecule has 0 aliphatic heterocycles. The molecule has 0 saturated heterocycles. The molecule has 262 valence electrons. The molecule has 0 amide bonds. The van der Waals surface area contributed by atoms with Crippen LogP contribution in [0.5, 0.6) is 0 Å². The molecule has 0 unspecified atom stereocenters. The van der Waals surface area contributed by atoms with Crippen molar-refractivity contribution < 1.29 is 4.42 Å². The van der Waals surface area contributed by atoms with E-state index in [9.17, 15) is 0 Å². The second-order valence-electron chi connectivity index (χ2n) is 14.4. The summed E-state index contributed by atoms with van der Waals surface area (Å²) < 4.78 is 6.45. The van der Waals surface area contributed by atoms with Gasteiger partial charge in [0.15, 0.2) is 0 Å². The van der Waals surface area contributed by atoms with Crippen molar-refractivity contribution in [1.82, 2.24) is 0 Å². The van der Waals surface area contributed by atoms with E-state index in [-0.39, 0.29) is 0 Å². The number of hydrogen-bond acceptors (Lipinski definition) is 2. The van der Waals surface area contributed by atoms with Crippen LogP contribution in [0, 0.1) is 0 Å². The smallest absolute Gasteiger partial charge is 0.137 e. The first-order valence-electron chi connectivity index (χ1n) is 19.2. The Kier molecular flexibility index (Phi) is 7.53. The summed E-state index contributed by atoms with van der Waals surface area (Å²) in [6.07, 6.45) is 0. The summed E-state index contributed by atoms with van der Waals surface area (Å²) in [5.74, 6) is 0. The van der Waals surface area contributed by atoms with Crippen LogP contribution in [0.4, 0.5) is 17.1 Å². The Morgan fingerprint density at radius 3 is 1.71 bits per heavy atom. The highest BCUT2D eigenvalue weighted by molar-refractivity contribution is 6.14. The average molecular weight is 714 g/mol. The predicted molar refractivity (Wildman–Crippen MR) is 237 cm³/mol. The van der Waals surface area contributed by atoms with Crippen molar-refractivity contribution in [2.75, 3.05) is 4.90 Å². The van der Waals surface area contributed by atoms with Gasteiger partial charge in [0.25, 0.3) is 0 Å². The molecular weight excluding hydrogens is 679 g/mol. The zero-order valence-corrected chi connectivity index (χ0v) is 30.6. The minimum Gasteiger partial charge on any atom is -0.456 e. The van der Waals surface area contributed by atoms with Gasteiger partial charge < -0.3 is 9.32 Å². The molecule has 0 radical (unpaired) electrons. The Morgan fingerprint density at radius 1 is 0.304 bits per heavy atom. The van der Waals surface area contributed by atoms with Gasteiger partial charge in [0.05, 0.1) is 16.8 Å². The highest BCUT2D eigenvalue weighted by atomic mass is 16.3. The number of hydrogen-bond donors (Lipinski definition) is 0. The second kappa shape index (κ2) is 13.2. The van der Waals surface area contributed by atoms with Crippen LogP contribution >= 0.6 is 0 Å². The highest BCUT2D eigenvalue weighted by Gasteiger charge is 2.22. The molecule has 1 heterocycles. The average Bonchev–Trinajstić information content (AvgIpc) is 3.66. The van der Waals surface area contributed by atoms with E-state index in [4.69, 9.17) is 4.42 Å². The van der Waals surface area contributed by atoms with Crippen molar-refractivity contribution in [2.24, 2.45) is 0 Å². The fourth-order valence-corrected chi connectivity index (χ4v) is 8.67. The minimum absolute atomic E-state index is 0.864. The lowest BCUT2D eigenvalue weighted by Gasteiger charge is -2.29. The van der Waals surface area contributed by atoms with Crippen LogP contribution < -0.4 is 4.90 Å². The van der Waals surface area contributed by atoms with Crippen LogP contribution in [0.15, 0.2) is 217 Å². The molecule has 11 rings (SSSR count). The fourth-order valence-electron chi connectivity index (χ4n) is 8.67. The Morgan fingerprint density at radius 2 is 0.857 bits per heavy atom. The number of benzene rings is 10. The first kappa shape index (κ1) is 32.0. The number of rotatable bonds is 6. The molecule has 1 aromatic heterocycles. The van der Waals surface area contributed by atoms with Gasteiger partial charge in [0.2, 0.25) is 0 Å². The quantitative estimate of drug-likeness (QED) is 0.160. The summed E-state index contributed by atoms with van der Waals surface area (Å²) in [4.78, 5) is 2.41. The van der Waals surface area contributed by atoms with Gasteiger partial charge in [0, 0.05) is 16.6 Å². The van der Waals surface area contributed by atoms with Crippen molar-refractivity contribution in [3.05, 3.63) is 212 Å². The van der Waals surface area contributed by atoms with E-state index in [1.807, 2.05) is 6.07 Å². The molecule has 0 fully saturated rings. The van der Waals surface area contributed by atoms with E-state index >= 15 is 0 Å². The number of nitrogens with zero attached hydrogens (tertiary/aromatic N) is 1. The summed E-state index contributed by atoms with van der Waals surface area (Å²) in [6, 6.07) is 76.5. The lowest BCUT2D eigenvalue weighted by Crippen LogP contribution is -2.11. The molecule has 10 aromatic carbocycles. The SMILES string of the molecule is c1cc(-c2cccc3ccccc23)cc(N(c2ccccc2-c2ccc(-c3cccc4c3ccc3ccccc34)cc2)c2cccc3oc4ccccc4c23)c1. The summed E-state index contributed by atoms with van der Waals surface area (Å²) in [7, 11) is 0. The molecular formula is C54H35NO. The third-order valence-electron chi connectivity index (χ3n) is 11.3. The molecule has 0 spiro atoms. The highest BCUT2D eigenvalue weighted by Crippen LogP contribution is 2.47. The monoisotopic (exact) mass is 713 g/mol. The zero-order valence-electron chi connectivity index (χ0n) is 30.6. The maximum atomic E-state index is 6.45. The van der Waals surface area contributed by atoms with Crippen LogP contribution in [0.1, 0.15) is 0 Å². The van der Waals surface area contributed by atoms with Gasteiger partial charge in [-0.3, -0.25) is 0 Å². The Hall–Kier alpha value is -7.42. The maximum Gasteiger partial charge on any atom is 0.137 e. The normalized spacial score (nSPS) is 11.6. The Balaban J connectivity index is 1.09. The van der Waals surface area contributed by atoms with Crippen molar-refractivity contribution >= 4 is 71.3 Å². The van der Waals surface area contributed by atoms with Crippen LogP contribution in [0.25, 0.3) is 87.6 Å². The van der Waals surface area contributed by atoms with Gasteiger partial charge in [0.1, 0.15) is 11.2 Å². The number of para-hydroxylation sites is 2. The van der Waals surface area contributed by atoms with Crippen molar-refractivity contribution in [1.29, 1.82) is 0 Å². The first-order valence-corrected chi connectivity index (χ1v) is 19.2. The molecule has 2 nitrogen and oxygen atoms in total. The first-order chi connectivity index (χ1) is 27.8. The number of fused-ring (bicyclic) bond motifs is 7. The van der Waals surface area contributed by atoms with E-state index in [1.165, 1.54) is 54.6 Å². The topological polar surface area (TPSA) is 16.4 Å². The minimum atomic E-state index is 0.864. The van der Waals surface area contributed by atoms with Crippen molar-refractivity contribution in [3.63, 3.8) is 0 Å².